The summed E-state index contributed by atoms with van der Waals surface area (Å²) >= 11 is 0. The second kappa shape index (κ2) is 70.7. The molecule has 0 aromatic rings. The van der Waals surface area contributed by atoms with Crippen LogP contribution in [0.15, 0.2) is 0 Å². The van der Waals surface area contributed by atoms with Gasteiger partial charge in [0.2, 0.25) is 0 Å². The lowest BCUT2D eigenvalue weighted by atomic mass is 10.0. The van der Waals surface area contributed by atoms with Gasteiger partial charge >= 0.3 is 39.5 Å². The molecule has 0 heterocycles. The Morgan fingerprint density at radius 2 is 0.469 bits per heavy atom. The van der Waals surface area contributed by atoms with E-state index in [4.69, 9.17) is 37.0 Å². The Labute approximate surface area is 600 Å². The molecule has 0 fully saturated rings. The molecule has 98 heavy (non-hydrogen) atoms. The summed E-state index contributed by atoms with van der Waals surface area (Å²) in [5, 5.41) is 10.6. The fourth-order valence-electron chi connectivity index (χ4n) is 12.2. The van der Waals surface area contributed by atoms with Crippen LogP contribution in [0.2, 0.25) is 0 Å². The van der Waals surface area contributed by atoms with Crippen LogP contribution in [-0.2, 0) is 65.4 Å². The van der Waals surface area contributed by atoms with E-state index in [1.807, 2.05) is 0 Å². The Hall–Kier alpha value is -1.94. The summed E-state index contributed by atoms with van der Waals surface area (Å²) in [4.78, 5) is 73.0. The molecule has 17 nitrogen and oxygen atoms in total. The molecule has 19 heteroatoms. The number of phosphoric ester groups is 2. The van der Waals surface area contributed by atoms with Crippen LogP contribution in [0.25, 0.3) is 0 Å². The summed E-state index contributed by atoms with van der Waals surface area (Å²) < 4.78 is 68.7. The Balaban J connectivity index is 5.25. The highest BCUT2D eigenvalue weighted by Crippen LogP contribution is 2.45. The number of aliphatic hydroxyl groups excluding tert-OH is 1. The molecular formula is C79H154O17P2. The van der Waals surface area contributed by atoms with Gasteiger partial charge in [-0.05, 0) is 37.5 Å². The number of hydrogen-bond donors (Lipinski definition) is 3. The van der Waals surface area contributed by atoms with Gasteiger partial charge in [-0.1, -0.05) is 363 Å². The lowest BCUT2D eigenvalue weighted by molar-refractivity contribution is -0.161. The van der Waals surface area contributed by atoms with Crippen molar-refractivity contribution in [3.8, 4) is 0 Å². The second-order valence-electron chi connectivity index (χ2n) is 29.4. The average Bonchev–Trinajstić information content (AvgIpc) is 1.03. The van der Waals surface area contributed by atoms with Crippen molar-refractivity contribution in [1.29, 1.82) is 0 Å². The number of hydrogen-bond acceptors (Lipinski definition) is 15. The zero-order valence-electron chi connectivity index (χ0n) is 64.1. The van der Waals surface area contributed by atoms with Crippen LogP contribution in [0, 0.1) is 11.8 Å². The fraction of sp³-hybridized carbons (Fsp3) is 0.949. The minimum Gasteiger partial charge on any atom is -0.462 e. The van der Waals surface area contributed by atoms with Crippen molar-refractivity contribution in [2.24, 2.45) is 11.8 Å². The molecule has 0 spiro atoms. The number of carbonyl (C=O) groups excluding carboxylic acids is 4. The van der Waals surface area contributed by atoms with E-state index in [1.165, 1.54) is 231 Å². The summed E-state index contributed by atoms with van der Waals surface area (Å²) in [7, 11) is -9.92. The molecule has 2 unspecified atom stereocenters. The Bertz CT molecular complexity index is 1890. The van der Waals surface area contributed by atoms with Crippen LogP contribution in [0.1, 0.15) is 414 Å². The smallest absolute Gasteiger partial charge is 0.462 e. The van der Waals surface area contributed by atoms with E-state index in [9.17, 15) is 43.2 Å². The molecule has 0 rings (SSSR count). The first-order chi connectivity index (χ1) is 47.4. The molecular weight excluding hydrogens is 1280 g/mol. The Morgan fingerprint density at radius 1 is 0.276 bits per heavy atom. The van der Waals surface area contributed by atoms with Gasteiger partial charge in [0.25, 0.3) is 0 Å². The minimum absolute atomic E-state index is 0.107. The third-order valence-corrected chi connectivity index (χ3v) is 20.4. The monoisotopic (exact) mass is 1440 g/mol. The summed E-state index contributed by atoms with van der Waals surface area (Å²) in [6.45, 7) is 9.61. The quantitative estimate of drug-likeness (QED) is 0.0222. The standard InChI is InChI=1S/C79H154O17P2/c1-7-9-11-13-15-17-19-21-22-23-24-25-26-28-32-39-46-52-58-64-79(84)95-74(67-89-76(81)61-55-49-43-37-33-29-30-35-41-47-53-59-71(3)4)69-93-97(85,86)91-65-73(80)66-92-98(87,88)94-70-75(68-90-77(82)62-56-50-44-40-34-36-42-48-54-60-72(5)6)96-78(83)63-57-51-45-38-31-27-20-18-16-14-12-10-8-2/h71-75,80H,7-70H2,1-6H3,(H,85,86)(H,87,88)/t73-,74-,75-/m1/s1. The third kappa shape index (κ3) is 72.4. The van der Waals surface area contributed by atoms with Crippen molar-refractivity contribution in [3.63, 3.8) is 0 Å². The minimum atomic E-state index is -4.96. The van der Waals surface area contributed by atoms with Crippen LogP contribution in [0.5, 0.6) is 0 Å². The molecule has 0 aromatic heterocycles. The van der Waals surface area contributed by atoms with Gasteiger partial charge in [-0.2, -0.15) is 0 Å². The van der Waals surface area contributed by atoms with Gasteiger partial charge in [0.05, 0.1) is 26.4 Å². The van der Waals surface area contributed by atoms with Crippen LogP contribution in [0.4, 0.5) is 0 Å². The number of phosphoric acid groups is 2. The van der Waals surface area contributed by atoms with E-state index >= 15 is 0 Å². The predicted molar refractivity (Wildman–Crippen MR) is 400 cm³/mol. The van der Waals surface area contributed by atoms with Crippen molar-refractivity contribution in [3.05, 3.63) is 0 Å². The van der Waals surface area contributed by atoms with Crippen molar-refractivity contribution >= 4 is 39.5 Å². The van der Waals surface area contributed by atoms with E-state index in [0.717, 1.165) is 102 Å². The van der Waals surface area contributed by atoms with Crippen LogP contribution in [0.3, 0.4) is 0 Å². The largest absolute Gasteiger partial charge is 0.472 e. The molecule has 0 radical (unpaired) electrons. The van der Waals surface area contributed by atoms with E-state index in [0.29, 0.717) is 25.7 Å². The zero-order valence-corrected chi connectivity index (χ0v) is 65.9. The lowest BCUT2D eigenvalue weighted by Gasteiger charge is -2.21. The van der Waals surface area contributed by atoms with E-state index in [2.05, 4.69) is 41.5 Å². The maximum Gasteiger partial charge on any atom is 0.472 e. The first-order valence-electron chi connectivity index (χ1n) is 41.0. The maximum absolute atomic E-state index is 13.1. The van der Waals surface area contributed by atoms with Gasteiger partial charge in [0.15, 0.2) is 12.2 Å². The summed E-state index contributed by atoms with van der Waals surface area (Å²) in [6.07, 6.45) is 59.6. The van der Waals surface area contributed by atoms with E-state index in [-0.39, 0.29) is 25.7 Å². The van der Waals surface area contributed by atoms with Gasteiger partial charge < -0.3 is 33.8 Å². The van der Waals surface area contributed by atoms with Gasteiger partial charge in [-0.25, -0.2) is 9.13 Å². The van der Waals surface area contributed by atoms with Crippen molar-refractivity contribution < 1.29 is 80.2 Å². The zero-order chi connectivity index (χ0) is 72.1. The highest BCUT2D eigenvalue weighted by atomic mass is 31.2. The first-order valence-corrected chi connectivity index (χ1v) is 44.0. The molecule has 0 saturated heterocycles. The number of aliphatic hydroxyl groups is 1. The fourth-order valence-corrected chi connectivity index (χ4v) is 13.8. The van der Waals surface area contributed by atoms with Crippen molar-refractivity contribution in [2.75, 3.05) is 39.6 Å². The normalized spacial score (nSPS) is 13.9. The lowest BCUT2D eigenvalue weighted by Crippen LogP contribution is -2.30. The molecule has 3 N–H and O–H groups in total. The molecule has 0 amide bonds. The topological polar surface area (TPSA) is 237 Å². The van der Waals surface area contributed by atoms with Gasteiger partial charge in [-0.3, -0.25) is 37.3 Å². The maximum atomic E-state index is 13.1. The number of carbonyl (C=O) groups is 4. The van der Waals surface area contributed by atoms with E-state index < -0.39 is 97.5 Å². The highest BCUT2D eigenvalue weighted by molar-refractivity contribution is 7.47. The van der Waals surface area contributed by atoms with Crippen molar-refractivity contribution in [1.82, 2.24) is 0 Å². The van der Waals surface area contributed by atoms with E-state index in [1.54, 1.807) is 0 Å². The molecule has 0 saturated carbocycles. The van der Waals surface area contributed by atoms with Gasteiger partial charge in [0.1, 0.15) is 19.3 Å². The van der Waals surface area contributed by atoms with Crippen molar-refractivity contribution in [2.45, 2.75) is 432 Å². The SMILES string of the molecule is CCCCCCCCCCCCCCCCCCCCCC(=O)O[C@H](COC(=O)CCCCCCCCCCCCCC(C)C)COP(=O)(O)OC[C@@H](O)COP(=O)(O)OC[C@@H](COC(=O)CCCCCCCCCCCC(C)C)OC(=O)CCCCCCCCCCCCCCC. The van der Waals surface area contributed by atoms with Crippen LogP contribution < -0.4 is 0 Å². The molecule has 582 valence electrons. The summed E-state index contributed by atoms with van der Waals surface area (Å²) in [5.41, 5.74) is 0. The Morgan fingerprint density at radius 3 is 0.694 bits per heavy atom. The number of rotatable bonds is 78. The third-order valence-electron chi connectivity index (χ3n) is 18.5. The number of unbranched alkanes of at least 4 members (excludes halogenated alkanes) is 48. The molecule has 0 aromatic carbocycles. The summed E-state index contributed by atoms with van der Waals surface area (Å²) in [6, 6.07) is 0. The van der Waals surface area contributed by atoms with Gasteiger partial charge in [0, 0.05) is 25.7 Å². The first kappa shape index (κ1) is 96.1. The Kier molecular flexibility index (Phi) is 69.3. The van der Waals surface area contributed by atoms with Gasteiger partial charge in [-0.15, -0.1) is 0 Å². The molecule has 0 aliphatic carbocycles. The average molecular weight is 1440 g/mol. The molecule has 0 aliphatic heterocycles. The van der Waals surface area contributed by atoms with Crippen LogP contribution >= 0.6 is 15.6 Å². The summed E-state index contributed by atoms with van der Waals surface area (Å²) in [5.74, 6) is -0.595. The second-order valence-corrected chi connectivity index (χ2v) is 32.3. The molecule has 0 bridgehead atoms. The number of ether oxygens (including phenoxy) is 4. The van der Waals surface area contributed by atoms with Crippen LogP contribution in [-0.4, -0.2) is 96.7 Å². The number of esters is 4. The molecule has 0 aliphatic rings. The molecule has 5 atom stereocenters. The highest BCUT2D eigenvalue weighted by Gasteiger charge is 2.30. The predicted octanol–water partition coefficient (Wildman–Crippen LogP) is 23.5.